The first kappa shape index (κ1) is 14.5. The Balaban J connectivity index is 3.22. The minimum absolute atomic E-state index is 0.424. The highest BCUT2D eigenvalue weighted by Crippen LogP contribution is 2.50. The van der Waals surface area contributed by atoms with Gasteiger partial charge >= 0.3 is 0 Å². The number of carbonyl (C=O) groups excluding carboxylic acids is 1. The van der Waals surface area contributed by atoms with Crippen molar-refractivity contribution >= 4 is 5.97 Å². The van der Waals surface area contributed by atoms with Gasteiger partial charge in [-0.3, -0.25) is 0 Å². The molecule has 4 heteroatoms. The maximum Gasteiger partial charge on any atom is 0.0575 e. The third-order valence-corrected chi connectivity index (χ3v) is 4.89. The third-order valence-electron chi connectivity index (χ3n) is 4.89. The van der Waals surface area contributed by atoms with Crippen LogP contribution >= 0.6 is 0 Å². The van der Waals surface area contributed by atoms with Crippen molar-refractivity contribution in [3.63, 3.8) is 0 Å². The Morgan fingerprint density at radius 2 is 1.65 bits per heavy atom. The summed E-state index contributed by atoms with van der Waals surface area (Å²) >= 11 is 0. The fourth-order valence-corrected chi connectivity index (χ4v) is 3.43. The molecule has 1 heterocycles. The first-order valence-corrected chi connectivity index (χ1v) is 6.62. The third kappa shape index (κ3) is 1.87. The Labute approximate surface area is 104 Å². The predicted octanol–water partition coefficient (Wildman–Crippen LogP) is 1.52. The zero-order valence-corrected chi connectivity index (χ0v) is 11.3. The number of carbonyl (C=O) groups is 1. The number of hydrogen-bond acceptors (Lipinski definition) is 3. The van der Waals surface area contributed by atoms with Crippen molar-refractivity contribution < 1.29 is 15.1 Å². The topological polar surface area (TPSA) is 63.3 Å². The Hall–Kier alpha value is -0.610. The SMILES string of the molecule is CCC1(CC)CC(C(=O)[O-])C(CC)(CC)N1[O]. The zero-order valence-electron chi connectivity index (χ0n) is 11.3. The maximum absolute atomic E-state index is 12.6. The molecule has 0 bridgehead atoms. The molecule has 1 aliphatic heterocycles. The number of aliphatic carboxylic acids is 1. The van der Waals surface area contributed by atoms with E-state index < -0.39 is 23.0 Å². The summed E-state index contributed by atoms with van der Waals surface area (Å²) in [4.78, 5) is 11.3. The van der Waals surface area contributed by atoms with Gasteiger partial charge in [0.05, 0.1) is 11.1 Å². The van der Waals surface area contributed by atoms with Crippen LogP contribution in [0.5, 0.6) is 0 Å². The normalized spacial score (nSPS) is 27.2. The number of nitrogens with zero attached hydrogens (tertiary/aromatic N) is 1. The summed E-state index contributed by atoms with van der Waals surface area (Å²) in [7, 11) is 0. The molecule has 1 aliphatic rings. The highest BCUT2D eigenvalue weighted by atomic mass is 16.5. The minimum atomic E-state index is -1.07. The average molecular weight is 241 g/mol. The van der Waals surface area contributed by atoms with Gasteiger partial charge in [-0.2, -0.15) is 0 Å². The molecule has 99 valence electrons. The van der Waals surface area contributed by atoms with Crippen LogP contribution < -0.4 is 5.11 Å². The smallest absolute Gasteiger partial charge is 0.0575 e. The van der Waals surface area contributed by atoms with E-state index >= 15 is 0 Å². The van der Waals surface area contributed by atoms with Gasteiger partial charge < -0.3 is 9.90 Å². The largest absolute Gasteiger partial charge is 0.550 e. The lowest BCUT2D eigenvalue weighted by Crippen LogP contribution is -2.54. The molecule has 1 saturated heterocycles. The van der Waals surface area contributed by atoms with Crippen LogP contribution in [0.2, 0.25) is 0 Å². The van der Waals surface area contributed by atoms with Crippen LogP contribution in [-0.4, -0.2) is 22.1 Å². The van der Waals surface area contributed by atoms with E-state index in [1.807, 2.05) is 27.7 Å². The van der Waals surface area contributed by atoms with E-state index in [-0.39, 0.29) is 0 Å². The minimum Gasteiger partial charge on any atom is -0.550 e. The van der Waals surface area contributed by atoms with Crippen molar-refractivity contribution in [1.82, 2.24) is 5.06 Å². The molecule has 0 aromatic heterocycles. The summed E-state index contributed by atoms with van der Waals surface area (Å²) in [6, 6.07) is 0. The molecule has 17 heavy (non-hydrogen) atoms. The molecule has 1 radical (unpaired) electrons. The maximum atomic E-state index is 12.6. The number of hydrogen-bond donors (Lipinski definition) is 0. The Bertz CT molecular complexity index is 282. The van der Waals surface area contributed by atoms with Gasteiger partial charge in [0, 0.05) is 11.9 Å². The van der Waals surface area contributed by atoms with Crippen LogP contribution in [0.4, 0.5) is 0 Å². The van der Waals surface area contributed by atoms with Crippen LogP contribution in [-0.2, 0) is 10.0 Å². The van der Waals surface area contributed by atoms with Gasteiger partial charge in [-0.25, -0.2) is 0 Å². The summed E-state index contributed by atoms with van der Waals surface area (Å²) < 4.78 is 0. The average Bonchev–Trinajstić information content (AvgIpc) is 2.60. The molecule has 0 amide bonds. The molecular formula is C13H23NO3-. The molecule has 4 nitrogen and oxygen atoms in total. The van der Waals surface area contributed by atoms with E-state index in [0.717, 1.165) is 5.06 Å². The van der Waals surface area contributed by atoms with E-state index in [4.69, 9.17) is 0 Å². The van der Waals surface area contributed by atoms with E-state index in [1.54, 1.807) is 0 Å². The van der Waals surface area contributed by atoms with E-state index in [1.165, 1.54) is 0 Å². The van der Waals surface area contributed by atoms with Gasteiger partial charge in [-0.15, -0.1) is 10.3 Å². The molecule has 0 aromatic carbocycles. The molecule has 0 aliphatic carbocycles. The number of carboxylic acid groups (broad SMARTS) is 1. The molecule has 1 fully saturated rings. The molecule has 0 aromatic rings. The molecule has 1 rings (SSSR count). The van der Waals surface area contributed by atoms with Gasteiger partial charge in [0.1, 0.15) is 0 Å². The van der Waals surface area contributed by atoms with E-state index in [0.29, 0.717) is 32.1 Å². The fraction of sp³-hybridized carbons (Fsp3) is 0.923. The molecule has 1 atom stereocenters. The second kappa shape index (κ2) is 4.94. The van der Waals surface area contributed by atoms with Crippen molar-refractivity contribution in [3.8, 4) is 0 Å². The highest BCUT2D eigenvalue weighted by molar-refractivity contribution is 5.70. The standard InChI is InChI=1S/C13H24NO3/c1-5-12(6-2)9-10(11(15)16)13(7-3,8-4)14(12)17/h10H,5-9H2,1-4H3,(H,15,16)/p-1. The van der Waals surface area contributed by atoms with Crippen molar-refractivity contribution in [1.29, 1.82) is 0 Å². The van der Waals surface area contributed by atoms with E-state index in [9.17, 15) is 15.1 Å². The fourth-order valence-electron chi connectivity index (χ4n) is 3.43. The zero-order chi connectivity index (χ0) is 13.3. The number of carboxylic acids is 1. The molecule has 1 unspecified atom stereocenters. The Morgan fingerprint density at radius 1 is 1.18 bits per heavy atom. The van der Waals surface area contributed by atoms with Gasteiger partial charge in [0.2, 0.25) is 0 Å². The quantitative estimate of drug-likeness (QED) is 0.733. The van der Waals surface area contributed by atoms with Crippen LogP contribution in [0, 0.1) is 5.92 Å². The number of hydroxylamine groups is 2. The monoisotopic (exact) mass is 241 g/mol. The molecule has 0 saturated carbocycles. The van der Waals surface area contributed by atoms with Crippen molar-refractivity contribution in [2.75, 3.05) is 0 Å². The number of rotatable bonds is 5. The second-order valence-electron chi connectivity index (χ2n) is 5.11. The predicted molar refractivity (Wildman–Crippen MR) is 62.3 cm³/mol. The molecular weight excluding hydrogens is 218 g/mol. The van der Waals surface area contributed by atoms with Crippen molar-refractivity contribution in [2.24, 2.45) is 5.92 Å². The first-order chi connectivity index (χ1) is 7.94. The Kier molecular flexibility index (Phi) is 4.20. The van der Waals surface area contributed by atoms with Crippen LogP contribution in [0.25, 0.3) is 0 Å². The summed E-state index contributed by atoms with van der Waals surface area (Å²) in [6.45, 7) is 7.71. The van der Waals surface area contributed by atoms with Crippen molar-refractivity contribution in [3.05, 3.63) is 0 Å². The second-order valence-corrected chi connectivity index (χ2v) is 5.11. The summed E-state index contributed by atoms with van der Waals surface area (Å²) in [6.07, 6.45) is 2.94. The van der Waals surface area contributed by atoms with Crippen LogP contribution in [0.15, 0.2) is 0 Å². The highest BCUT2D eigenvalue weighted by Gasteiger charge is 2.58. The van der Waals surface area contributed by atoms with Crippen molar-refractivity contribution in [2.45, 2.75) is 70.9 Å². The lowest BCUT2D eigenvalue weighted by molar-refractivity contribution is -0.320. The molecule has 0 N–H and O–H groups in total. The van der Waals surface area contributed by atoms with Crippen LogP contribution in [0.1, 0.15) is 59.8 Å². The summed E-state index contributed by atoms with van der Waals surface area (Å²) in [5.41, 5.74) is -1.29. The summed E-state index contributed by atoms with van der Waals surface area (Å²) in [5, 5.41) is 25.0. The van der Waals surface area contributed by atoms with E-state index in [2.05, 4.69) is 0 Å². The Morgan fingerprint density at radius 3 is 1.88 bits per heavy atom. The van der Waals surface area contributed by atoms with Gasteiger partial charge in [-0.1, -0.05) is 27.7 Å². The first-order valence-electron chi connectivity index (χ1n) is 6.62. The lowest BCUT2D eigenvalue weighted by atomic mass is 9.79. The molecule has 0 spiro atoms. The lowest BCUT2D eigenvalue weighted by Gasteiger charge is -2.41. The van der Waals surface area contributed by atoms with Crippen LogP contribution in [0.3, 0.4) is 0 Å². The van der Waals surface area contributed by atoms with Gasteiger partial charge in [0.15, 0.2) is 0 Å². The summed E-state index contributed by atoms with van der Waals surface area (Å²) in [5.74, 6) is -1.71. The van der Waals surface area contributed by atoms with Gasteiger partial charge in [-0.05, 0) is 32.1 Å². The van der Waals surface area contributed by atoms with Gasteiger partial charge in [0.25, 0.3) is 0 Å².